The van der Waals surface area contributed by atoms with Crippen molar-refractivity contribution in [2.24, 2.45) is 0 Å². The molecule has 0 aliphatic heterocycles. The van der Waals surface area contributed by atoms with Crippen molar-refractivity contribution < 1.29 is 21.6 Å². The van der Waals surface area contributed by atoms with Crippen LogP contribution in [0.3, 0.4) is 0 Å². The Labute approximate surface area is 161 Å². The molecule has 0 fully saturated rings. The van der Waals surface area contributed by atoms with Gasteiger partial charge in [0.2, 0.25) is 10.0 Å². The van der Waals surface area contributed by atoms with E-state index in [1.54, 1.807) is 32.2 Å². The van der Waals surface area contributed by atoms with Crippen LogP contribution in [0.25, 0.3) is 0 Å². The van der Waals surface area contributed by atoms with Crippen LogP contribution in [-0.2, 0) is 19.9 Å². The highest BCUT2D eigenvalue weighted by atomic mass is 32.2. The molecule has 6 nitrogen and oxygen atoms in total. The number of nitrogens with one attached hydrogen (secondary N) is 1. The maximum Gasteiger partial charge on any atom is 0.241 e. The second-order valence-corrected chi connectivity index (χ2v) is 10.1. The normalized spacial score (nSPS) is 13.4. The Morgan fingerprint density at radius 1 is 0.963 bits per heavy atom. The van der Waals surface area contributed by atoms with Gasteiger partial charge in [-0.3, -0.25) is 0 Å². The summed E-state index contributed by atoms with van der Waals surface area (Å²) in [7, 11) is -5.51. The zero-order valence-electron chi connectivity index (χ0n) is 16.1. The zero-order valence-corrected chi connectivity index (χ0v) is 17.7. The van der Waals surface area contributed by atoms with E-state index in [0.29, 0.717) is 23.3 Å². The predicted molar refractivity (Wildman–Crippen MR) is 105 cm³/mol. The summed E-state index contributed by atoms with van der Waals surface area (Å²) >= 11 is 0. The first-order valence-corrected chi connectivity index (χ1v) is 11.8. The Bertz CT molecular complexity index is 1030. The summed E-state index contributed by atoms with van der Waals surface area (Å²) in [5.41, 5.74) is 2.10. The van der Waals surface area contributed by atoms with Crippen molar-refractivity contribution in [3.63, 3.8) is 0 Å². The van der Waals surface area contributed by atoms with Gasteiger partial charge in [-0.1, -0.05) is 19.1 Å². The Balaban J connectivity index is 2.36. The fraction of sp³-hybridized carbons (Fsp3) is 0.368. The molecule has 27 heavy (non-hydrogen) atoms. The van der Waals surface area contributed by atoms with Crippen LogP contribution in [0.2, 0.25) is 0 Å². The predicted octanol–water partition coefficient (Wildman–Crippen LogP) is 3.15. The van der Waals surface area contributed by atoms with Crippen molar-refractivity contribution >= 4 is 19.9 Å². The van der Waals surface area contributed by atoms with Crippen LogP contribution in [0.1, 0.15) is 36.1 Å². The molecule has 0 saturated carbocycles. The average Bonchev–Trinajstić information content (AvgIpc) is 2.61. The van der Waals surface area contributed by atoms with Gasteiger partial charge in [0.25, 0.3) is 0 Å². The fourth-order valence-electron chi connectivity index (χ4n) is 2.87. The molecule has 0 unspecified atom stereocenters. The SMILES string of the molecule is CC[C@H](NS(=O)(=O)c1ccc(OC)c(C)c1C)c1ccc(S(C)(=O)=O)cc1. The molecule has 0 radical (unpaired) electrons. The van der Waals surface area contributed by atoms with Crippen molar-refractivity contribution in [3.05, 3.63) is 53.1 Å². The molecule has 0 saturated heterocycles. The van der Waals surface area contributed by atoms with E-state index >= 15 is 0 Å². The van der Waals surface area contributed by atoms with Crippen LogP contribution in [0.15, 0.2) is 46.2 Å². The second-order valence-electron chi connectivity index (χ2n) is 6.44. The number of methoxy groups -OCH3 is 1. The number of ether oxygens (including phenoxy) is 1. The Hall–Kier alpha value is -1.90. The van der Waals surface area contributed by atoms with Crippen molar-refractivity contribution in [2.45, 2.75) is 43.0 Å². The standard InChI is InChI=1S/C19H25NO5S2/c1-6-17(15-7-9-16(10-8-15)26(5,21)22)20-27(23,24)19-12-11-18(25-4)13(2)14(19)3/h7-12,17,20H,6H2,1-5H3/t17-/m0/s1. The molecule has 0 heterocycles. The van der Waals surface area contributed by atoms with E-state index in [1.165, 1.54) is 18.2 Å². The van der Waals surface area contributed by atoms with Gasteiger partial charge < -0.3 is 4.74 Å². The van der Waals surface area contributed by atoms with E-state index < -0.39 is 25.9 Å². The Kier molecular flexibility index (Phi) is 6.34. The molecule has 2 aromatic carbocycles. The van der Waals surface area contributed by atoms with Gasteiger partial charge in [0.05, 0.1) is 16.9 Å². The molecule has 148 valence electrons. The average molecular weight is 412 g/mol. The molecule has 0 aliphatic rings. The minimum Gasteiger partial charge on any atom is -0.496 e. The monoisotopic (exact) mass is 411 g/mol. The molecular formula is C19H25NO5S2. The molecule has 2 rings (SSSR count). The van der Waals surface area contributed by atoms with Crippen molar-refractivity contribution in [1.29, 1.82) is 0 Å². The molecule has 0 aliphatic carbocycles. The number of rotatable bonds is 7. The zero-order chi connectivity index (χ0) is 20.4. The maximum atomic E-state index is 12.9. The minimum atomic E-state index is -3.76. The summed E-state index contributed by atoms with van der Waals surface area (Å²) in [5, 5.41) is 0. The highest BCUT2D eigenvalue weighted by Crippen LogP contribution is 2.28. The van der Waals surface area contributed by atoms with E-state index in [-0.39, 0.29) is 9.79 Å². The van der Waals surface area contributed by atoms with Crippen molar-refractivity contribution in [3.8, 4) is 5.75 Å². The Morgan fingerprint density at radius 2 is 1.56 bits per heavy atom. The first-order valence-electron chi connectivity index (χ1n) is 8.47. The van der Waals surface area contributed by atoms with Gasteiger partial charge in [0.1, 0.15) is 5.75 Å². The first-order chi connectivity index (χ1) is 12.5. The first kappa shape index (κ1) is 21.4. The number of hydrogen-bond donors (Lipinski definition) is 1. The van der Waals surface area contributed by atoms with Gasteiger partial charge in [0, 0.05) is 12.3 Å². The quantitative estimate of drug-likeness (QED) is 0.756. The molecule has 2 aromatic rings. The van der Waals surface area contributed by atoms with E-state index in [9.17, 15) is 16.8 Å². The fourth-order valence-corrected chi connectivity index (χ4v) is 5.11. The lowest BCUT2D eigenvalue weighted by Crippen LogP contribution is -2.29. The van der Waals surface area contributed by atoms with Crippen LogP contribution < -0.4 is 9.46 Å². The number of benzene rings is 2. The van der Waals surface area contributed by atoms with Gasteiger partial charge in [-0.2, -0.15) is 0 Å². The number of hydrogen-bond acceptors (Lipinski definition) is 5. The van der Waals surface area contributed by atoms with E-state index in [4.69, 9.17) is 4.74 Å². The molecule has 0 spiro atoms. The minimum absolute atomic E-state index is 0.200. The van der Waals surface area contributed by atoms with Crippen LogP contribution in [0.4, 0.5) is 0 Å². The lowest BCUT2D eigenvalue weighted by molar-refractivity contribution is 0.410. The van der Waals surface area contributed by atoms with E-state index in [2.05, 4.69) is 4.72 Å². The van der Waals surface area contributed by atoms with Crippen molar-refractivity contribution in [1.82, 2.24) is 4.72 Å². The van der Waals surface area contributed by atoms with Crippen molar-refractivity contribution in [2.75, 3.05) is 13.4 Å². The Morgan fingerprint density at radius 3 is 2.04 bits per heavy atom. The summed E-state index contributed by atoms with van der Waals surface area (Å²) in [4.78, 5) is 0.401. The van der Waals surface area contributed by atoms with Gasteiger partial charge in [0.15, 0.2) is 9.84 Å². The van der Waals surface area contributed by atoms with Crippen LogP contribution in [0, 0.1) is 13.8 Å². The lowest BCUT2D eigenvalue weighted by atomic mass is 10.1. The third-order valence-corrected chi connectivity index (χ3v) is 7.36. The molecule has 0 amide bonds. The molecule has 1 atom stereocenters. The molecule has 0 aromatic heterocycles. The summed E-state index contributed by atoms with van der Waals surface area (Å²) in [6, 6.07) is 8.96. The lowest BCUT2D eigenvalue weighted by Gasteiger charge is -2.20. The van der Waals surface area contributed by atoms with Crippen LogP contribution in [-0.4, -0.2) is 30.2 Å². The van der Waals surface area contributed by atoms with Crippen LogP contribution in [0.5, 0.6) is 5.75 Å². The molecule has 0 bridgehead atoms. The molecule has 1 N–H and O–H groups in total. The highest BCUT2D eigenvalue weighted by molar-refractivity contribution is 7.90. The van der Waals surface area contributed by atoms with Crippen LogP contribution >= 0.6 is 0 Å². The topological polar surface area (TPSA) is 89.5 Å². The maximum absolute atomic E-state index is 12.9. The largest absolute Gasteiger partial charge is 0.496 e. The second kappa shape index (κ2) is 8.00. The number of sulfone groups is 1. The van der Waals surface area contributed by atoms with Gasteiger partial charge in [-0.25, -0.2) is 21.6 Å². The van der Waals surface area contributed by atoms with Gasteiger partial charge >= 0.3 is 0 Å². The highest BCUT2D eigenvalue weighted by Gasteiger charge is 2.23. The van der Waals surface area contributed by atoms with Gasteiger partial charge in [-0.15, -0.1) is 0 Å². The van der Waals surface area contributed by atoms with Gasteiger partial charge in [-0.05, 0) is 61.2 Å². The third-order valence-electron chi connectivity index (χ3n) is 4.61. The van der Waals surface area contributed by atoms with E-state index in [1.807, 2.05) is 13.8 Å². The smallest absolute Gasteiger partial charge is 0.241 e. The summed E-state index contributed by atoms with van der Waals surface area (Å²) in [6.45, 7) is 5.42. The molecular weight excluding hydrogens is 386 g/mol. The molecule has 8 heteroatoms. The van der Waals surface area contributed by atoms with E-state index in [0.717, 1.165) is 11.8 Å². The third kappa shape index (κ3) is 4.69. The summed E-state index contributed by atoms with van der Waals surface area (Å²) in [5.74, 6) is 0.634. The number of sulfonamides is 1. The summed E-state index contributed by atoms with van der Waals surface area (Å²) < 4.78 is 57.0. The summed E-state index contributed by atoms with van der Waals surface area (Å²) in [6.07, 6.45) is 1.66.